The van der Waals surface area contributed by atoms with Gasteiger partial charge in [-0.1, -0.05) is 19.3 Å². The second kappa shape index (κ2) is 4.09. The van der Waals surface area contributed by atoms with E-state index in [1.54, 1.807) is 0 Å². The summed E-state index contributed by atoms with van der Waals surface area (Å²) >= 11 is 0. The van der Waals surface area contributed by atoms with Gasteiger partial charge in [-0.25, -0.2) is 0 Å². The molecular formula is C10H19NO2. The number of rotatable bonds is 4. The van der Waals surface area contributed by atoms with Crippen molar-refractivity contribution in [2.45, 2.75) is 38.1 Å². The number of likely N-dealkylation sites (N-methyl/N-ethyl adjacent to an activating group) is 1. The van der Waals surface area contributed by atoms with E-state index in [0.717, 1.165) is 6.42 Å². The van der Waals surface area contributed by atoms with E-state index < -0.39 is 5.54 Å². The summed E-state index contributed by atoms with van der Waals surface area (Å²) in [4.78, 5) is 11.5. The average Bonchev–Trinajstić information content (AvgIpc) is 2.09. The first-order valence-corrected chi connectivity index (χ1v) is 4.89. The van der Waals surface area contributed by atoms with E-state index >= 15 is 0 Å². The fourth-order valence-electron chi connectivity index (χ4n) is 1.79. The summed E-state index contributed by atoms with van der Waals surface area (Å²) in [6.45, 7) is 1.91. The first-order valence-electron chi connectivity index (χ1n) is 4.89. The molecule has 1 fully saturated rings. The summed E-state index contributed by atoms with van der Waals surface area (Å²) in [7, 11) is 3.26. The van der Waals surface area contributed by atoms with Crippen LogP contribution in [-0.2, 0) is 9.53 Å². The van der Waals surface area contributed by atoms with Crippen LogP contribution in [0.1, 0.15) is 32.6 Å². The standard InChI is InChI=1S/C10H19NO2/c1-10(11-2,9(12)13-3)7-8-5-4-6-8/h8,11H,4-7H2,1-3H3. The van der Waals surface area contributed by atoms with Crippen LogP contribution in [0.15, 0.2) is 0 Å². The molecule has 0 spiro atoms. The number of carbonyl (C=O) groups is 1. The van der Waals surface area contributed by atoms with Crippen LogP contribution in [0.2, 0.25) is 0 Å². The molecule has 0 aliphatic heterocycles. The monoisotopic (exact) mass is 185 g/mol. The molecule has 1 N–H and O–H groups in total. The van der Waals surface area contributed by atoms with Gasteiger partial charge in [0.2, 0.25) is 0 Å². The quantitative estimate of drug-likeness (QED) is 0.671. The molecule has 0 heterocycles. The highest BCUT2D eigenvalue weighted by Crippen LogP contribution is 2.33. The van der Waals surface area contributed by atoms with E-state index in [1.807, 2.05) is 14.0 Å². The summed E-state index contributed by atoms with van der Waals surface area (Å²) in [6, 6.07) is 0. The van der Waals surface area contributed by atoms with Crippen molar-refractivity contribution in [3.05, 3.63) is 0 Å². The molecule has 0 saturated heterocycles. The summed E-state index contributed by atoms with van der Waals surface area (Å²) in [6.07, 6.45) is 4.73. The Balaban J connectivity index is 2.51. The van der Waals surface area contributed by atoms with Gasteiger partial charge in [0.15, 0.2) is 0 Å². The highest BCUT2D eigenvalue weighted by Gasteiger charge is 2.36. The lowest BCUT2D eigenvalue weighted by atomic mass is 9.76. The highest BCUT2D eigenvalue weighted by atomic mass is 16.5. The second-order valence-corrected chi connectivity index (χ2v) is 4.07. The minimum absolute atomic E-state index is 0.151. The molecule has 0 bridgehead atoms. The van der Waals surface area contributed by atoms with E-state index in [2.05, 4.69) is 5.32 Å². The van der Waals surface area contributed by atoms with E-state index in [9.17, 15) is 4.79 Å². The van der Waals surface area contributed by atoms with Crippen LogP contribution < -0.4 is 5.32 Å². The molecule has 1 aliphatic carbocycles. The minimum atomic E-state index is -0.486. The Bertz CT molecular complexity index is 189. The molecule has 1 atom stereocenters. The fraction of sp³-hybridized carbons (Fsp3) is 0.900. The van der Waals surface area contributed by atoms with Gasteiger partial charge in [0.1, 0.15) is 5.54 Å². The highest BCUT2D eigenvalue weighted by molar-refractivity contribution is 5.80. The first-order chi connectivity index (χ1) is 6.12. The van der Waals surface area contributed by atoms with Gasteiger partial charge in [-0.2, -0.15) is 0 Å². The number of ether oxygens (including phenoxy) is 1. The van der Waals surface area contributed by atoms with Crippen molar-refractivity contribution in [1.29, 1.82) is 0 Å². The Morgan fingerprint density at radius 2 is 2.23 bits per heavy atom. The van der Waals surface area contributed by atoms with Crippen LogP contribution in [-0.4, -0.2) is 25.7 Å². The molecule has 1 aliphatic rings. The van der Waals surface area contributed by atoms with Crippen molar-refractivity contribution in [3.8, 4) is 0 Å². The Hall–Kier alpha value is -0.570. The predicted octanol–water partition coefficient (Wildman–Crippen LogP) is 1.33. The van der Waals surface area contributed by atoms with Gasteiger partial charge >= 0.3 is 5.97 Å². The number of carbonyl (C=O) groups excluding carboxylic acids is 1. The largest absolute Gasteiger partial charge is 0.468 e. The molecule has 0 aromatic rings. The number of nitrogens with one attached hydrogen (secondary N) is 1. The molecule has 13 heavy (non-hydrogen) atoms. The molecule has 1 unspecified atom stereocenters. The zero-order chi connectivity index (χ0) is 9.90. The molecule has 0 aromatic heterocycles. The van der Waals surface area contributed by atoms with Crippen LogP contribution in [0.3, 0.4) is 0 Å². The zero-order valence-corrected chi connectivity index (χ0v) is 8.72. The van der Waals surface area contributed by atoms with Crippen LogP contribution in [0.4, 0.5) is 0 Å². The lowest BCUT2D eigenvalue weighted by Crippen LogP contribution is -2.50. The van der Waals surface area contributed by atoms with Crippen molar-refractivity contribution in [3.63, 3.8) is 0 Å². The third-order valence-corrected chi connectivity index (χ3v) is 3.11. The smallest absolute Gasteiger partial charge is 0.325 e. The summed E-state index contributed by atoms with van der Waals surface area (Å²) in [5, 5.41) is 3.05. The lowest BCUT2D eigenvalue weighted by Gasteiger charge is -2.34. The molecule has 0 aromatic carbocycles. The number of methoxy groups -OCH3 is 1. The predicted molar refractivity (Wildman–Crippen MR) is 51.4 cm³/mol. The van der Waals surface area contributed by atoms with E-state index in [4.69, 9.17) is 4.74 Å². The summed E-state index contributed by atoms with van der Waals surface area (Å²) in [5.41, 5.74) is -0.486. The van der Waals surface area contributed by atoms with E-state index in [-0.39, 0.29) is 5.97 Å². The van der Waals surface area contributed by atoms with Crippen LogP contribution in [0, 0.1) is 5.92 Å². The summed E-state index contributed by atoms with van der Waals surface area (Å²) in [5.74, 6) is 0.554. The fourth-order valence-corrected chi connectivity index (χ4v) is 1.79. The third-order valence-electron chi connectivity index (χ3n) is 3.11. The van der Waals surface area contributed by atoms with Crippen LogP contribution in [0.25, 0.3) is 0 Å². The van der Waals surface area contributed by atoms with Crippen molar-refractivity contribution >= 4 is 5.97 Å². The van der Waals surface area contributed by atoms with Gasteiger partial charge in [-0.05, 0) is 26.3 Å². The number of esters is 1. The number of hydrogen-bond acceptors (Lipinski definition) is 3. The van der Waals surface area contributed by atoms with Crippen LogP contribution in [0.5, 0.6) is 0 Å². The van der Waals surface area contributed by atoms with E-state index in [0.29, 0.717) is 5.92 Å². The van der Waals surface area contributed by atoms with Gasteiger partial charge in [-0.3, -0.25) is 4.79 Å². The number of hydrogen-bond donors (Lipinski definition) is 1. The summed E-state index contributed by atoms with van der Waals surface area (Å²) < 4.78 is 4.77. The van der Waals surface area contributed by atoms with Crippen LogP contribution >= 0.6 is 0 Å². The molecule has 1 rings (SSSR count). The van der Waals surface area contributed by atoms with Crippen molar-refractivity contribution in [2.24, 2.45) is 5.92 Å². The van der Waals surface area contributed by atoms with Gasteiger partial charge in [0, 0.05) is 0 Å². The first kappa shape index (κ1) is 10.5. The lowest BCUT2D eigenvalue weighted by molar-refractivity contribution is -0.148. The normalized spacial score (nSPS) is 21.8. The zero-order valence-electron chi connectivity index (χ0n) is 8.72. The molecule has 76 valence electrons. The minimum Gasteiger partial charge on any atom is -0.468 e. The Kier molecular flexibility index (Phi) is 3.31. The third kappa shape index (κ3) is 2.21. The maximum atomic E-state index is 11.5. The molecule has 1 saturated carbocycles. The van der Waals surface area contributed by atoms with Crippen molar-refractivity contribution < 1.29 is 9.53 Å². The van der Waals surface area contributed by atoms with Crippen molar-refractivity contribution in [1.82, 2.24) is 5.32 Å². The van der Waals surface area contributed by atoms with E-state index in [1.165, 1.54) is 26.4 Å². The van der Waals surface area contributed by atoms with Crippen molar-refractivity contribution in [2.75, 3.05) is 14.2 Å². The molecule has 0 amide bonds. The van der Waals surface area contributed by atoms with Gasteiger partial charge in [0.05, 0.1) is 7.11 Å². The van der Waals surface area contributed by atoms with Gasteiger partial charge < -0.3 is 10.1 Å². The molecule has 0 radical (unpaired) electrons. The Morgan fingerprint density at radius 1 is 1.62 bits per heavy atom. The molecule has 3 nitrogen and oxygen atoms in total. The van der Waals surface area contributed by atoms with Gasteiger partial charge in [0.25, 0.3) is 0 Å². The molecule has 3 heteroatoms. The SMILES string of the molecule is CNC(C)(CC1CCC1)C(=O)OC. The Morgan fingerprint density at radius 3 is 2.54 bits per heavy atom. The van der Waals surface area contributed by atoms with Gasteiger partial charge in [-0.15, -0.1) is 0 Å². The topological polar surface area (TPSA) is 38.3 Å². The maximum Gasteiger partial charge on any atom is 0.325 e. The second-order valence-electron chi connectivity index (χ2n) is 4.07. The average molecular weight is 185 g/mol. The Labute approximate surface area is 79.8 Å². The maximum absolute atomic E-state index is 11.5. The molecular weight excluding hydrogens is 166 g/mol.